The van der Waals surface area contributed by atoms with Gasteiger partial charge in [0.05, 0.1) is 5.56 Å². The van der Waals surface area contributed by atoms with Crippen LogP contribution in [0, 0.1) is 39.6 Å². The Morgan fingerprint density at radius 3 is 2.34 bits per heavy atom. The monoisotopic (exact) mass is 492 g/mol. The van der Waals surface area contributed by atoms with Gasteiger partial charge in [0, 0.05) is 12.0 Å². The van der Waals surface area contributed by atoms with E-state index in [1.54, 1.807) is 6.07 Å². The zero-order valence-corrected chi connectivity index (χ0v) is 21.6. The summed E-state index contributed by atoms with van der Waals surface area (Å²) in [6.45, 7) is 17.9. The van der Waals surface area contributed by atoms with Gasteiger partial charge in [-0.25, -0.2) is 9.37 Å². The van der Waals surface area contributed by atoms with E-state index in [0.29, 0.717) is 11.3 Å². The van der Waals surface area contributed by atoms with Crippen molar-refractivity contribution < 1.29 is 50.9 Å². The van der Waals surface area contributed by atoms with Crippen molar-refractivity contribution in [2.45, 2.75) is 25.3 Å². The van der Waals surface area contributed by atoms with E-state index in [2.05, 4.69) is 72.3 Å². The van der Waals surface area contributed by atoms with Crippen molar-refractivity contribution in [3.63, 3.8) is 0 Å². The molecule has 0 fully saturated rings. The van der Waals surface area contributed by atoms with Gasteiger partial charge in [0.15, 0.2) is 0 Å². The molecule has 2 aromatic rings. The fourth-order valence-electron chi connectivity index (χ4n) is 2.82. The van der Waals surface area contributed by atoms with Gasteiger partial charge in [-0.1, -0.05) is 11.7 Å². The third-order valence-electron chi connectivity index (χ3n) is 4.87. The Morgan fingerprint density at radius 1 is 1.26 bits per heavy atom. The standard InChI is InChI=1S/C18H16F3N4.C5H11N.2Li.H2NS/c1-4-14-10(2)18(20,21)15-9-22-17(25-16(15)23-11(14)3)24-13-7-5-6-12(19)8-13;1-4-6(3)5-2;;;1-2/h5,7-9,11H,1,3-4H2,2H3,(H2,22,23,24,25);1-2,4-5H2,3H3;;;1H2/q-3;-2;2*+1;-1/t11-;;;;/m0..../s1. The van der Waals surface area contributed by atoms with Gasteiger partial charge in [0.2, 0.25) is 5.95 Å². The average molecular weight is 492 g/mol. The number of rotatable bonds is 5. The van der Waals surface area contributed by atoms with Crippen LogP contribution in [0.25, 0.3) is 0 Å². The summed E-state index contributed by atoms with van der Waals surface area (Å²) in [5.74, 6) is -3.74. The molecule has 1 atom stereocenters. The summed E-state index contributed by atoms with van der Waals surface area (Å²) >= 11 is 3.58. The van der Waals surface area contributed by atoms with E-state index < -0.39 is 17.8 Å². The Kier molecular flexibility index (Phi) is 17.9. The predicted molar refractivity (Wildman–Crippen MR) is 130 cm³/mol. The first-order valence-electron chi connectivity index (χ1n) is 9.93. The van der Waals surface area contributed by atoms with Crippen molar-refractivity contribution >= 4 is 30.3 Å². The van der Waals surface area contributed by atoms with Crippen molar-refractivity contribution in [3.05, 3.63) is 80.7 Å². The molecule has 1 aromatic carbocycles. The van der Waals surface area contributed by atoms with Gasteiger partial charge < -0.3 is 61.2 Å². The van der Waals surface area contributed by atoms with Crippen molar-refractivity contribution in [2.75, 3.05) is 30.8 Å². The molecule has 1 aliphatic rings. The molecular weight excluding hydrogens is 463 g/mol. The van der Waals surface area contributed by atoms with Crippen LogP contribution in [0.4, 0.5) is 30.6 Å². The van der Waals surface area contributed by atoms with Crippen LogP contribution in [-0.2, 0) is 18.7 Å². The third kappa shape index (κ3) is 10.0. The molecule has 12 heteroatoms. The van der Waals surface area contributed by atoms with Gasteiger partial charge in [0.25, 0.3) is 5.92 Å². The Hall–Kier alpha value is -1.11. The van der Waals surface area contributed by atoms with Crippen LogP contribution < -0.4 is 53.5 Å². The molecule has 0 saturated carbocycles. The van der Waals surface area contributed by atoms with Crippen LogP contribution >= 0.6 is 0 Å². The number of nitrogens with zero attached hydrogens (tertiary/aromatic N) is 3. The van der Waals surface area contributed by atoms with E-state index in [9.17, 15) is 13.2 Å². The zero-order valence-electron chi connectivity index (χ0n) is 20.8. The molecule has 184 valence electrons. The molecule has 4 N–H and O–H groups in total. The molecule has 0 saturated heterocycles. The van der Waals surface area contributed by atoms with Crippen LogP contribution in [0.15, 0.2) is 35.5 Å². The van der Waals surface area contributed by atoms with E-state index in [4.69, 9.17) is 0 Å². The van der Waals surface area contributed by atoms with E-state index in [-0.39, 0.29) is 67.0 Å². The summed E-state index contributed by atoms with van der Waals surface area (Å²) < 4.78 is 42.7. The molecule has 0 bridgehead atoms. The number of anilines is 3. The second kappa shape index (κ2) is 17.4. The molecule has 35 heavy (non-hydrogen) atoms. The van der Waals surface area contributed by atoms with Crippen LogP contribution in [0.3, 0.4) is 0 Å². The molecule has 3 rings (SSSR count). The van der Waals surface area contributed by atoms with Gasteiger partial charge in [-0.15, -0.1) is 36.9 Å². The van der Waals surface area contributed by atoms with Crippen molar-refractivity contribution in [1.29, 1.82) is 0 Å². The Bertz CT molecular complexity index is 930. The predicted octanol–water partition coefficient (Wildman–Crippen LogP) is -1.58. The SMILES string of the molecule is N[S-].[CH2-]CC1=C(C)C(F)(F)c2cnc(Nc3cc[c-]c(F)c3)nc2N[C@H]1[CH2-].[CH2-]CN(C)C[CH2-].[Li+].[Li+]. The summed E-state index contributed by atoms with van der Waals surface area (Å²) in [5.41, 5.74) is 0.382. The van der Waals surface area contributed by atoms with Crippen LogP contribution in [0.2, 0.25) is 0 Å². The van der Waals surface area contributed by atoms with E-state index in [1.807, 2.05) is 11.9 Å². The first-order chi connectivity index (χ1) is 15.6. The minimum absolute atomic E-state index is 0. The normalized spacial score (nSPS) is 15.5. The van der Waals surface area contributed by atoms with Gasteiger partial charge in [0.1, 0.15) is 5.82 Å². The molecule has 2 heterocycles. The van der Waals surface area contributed by atoms with Crippen molar-refractivity contribution in [2.24, 2.45) is 5.14 Å². The quantitative estimate of drug-likeness (QED) is 0.201. The third-order valence-corrected chi connectivity index (χ3v) is 4.87. The fourth-order valence-corrected chi connectivity index (χ4v) is 2.82. The van der Waals surface area contributed by atoms with Crippen molar-refractivity contribution in [3.8, 4) is 0 Å². The maximum atomic E-state index is 14.8. The second-order valence-electron chi connectivity index (χ2n) is 6.98. The summed E-state index contributed by atoms with van der Waals surface area (Å²) in [5, 5.41) is 9.75. The number of hydrogen-bond acceptors (Lipinski definition) is 7. The maximum Gasteiger partial charge on any atom is 1.00 e. The van der Waals surface area contributed by atoms with Gasteiger partial charge in [-0.05, 0) is 19.5 Å². The van der Waals surface area contributed by atoms with Crippen LogP contribution in [-0.4, -0.2) is 41.0 Å². The van der Waals surface area contributed by atoms with E-state index in [0.717, 1.165) is 19.3 Å². The first-order valence-corrected chi connectivity index (χ1v) is 10.4. The number of fused-ring (bicyclic) bond motifs is 1. The number of aromatic nitrogens is 2. The average Bonchev–Trinajstić information content (AvgIpc) is 2.87. The summed E-state index contributed by atoms with van der Waals surface area (Å²) in [4.78, 5) is 10.1. The van der Waals surface area contributed by atoms with Gasteiger partial charge >= 0.3 is 37.7 Å². The minimum Gasteiger partial charge on any atom is -0.709 e. The largest absolute Gasteiger partial charge is 1.00 e. The van der Waals surface area contributed by atoms with Crippen LogP contribution in [0.5, 0.6) is 0 Å². The van der Waals surface area contributed by atoms with E-state index in [1.165, 1.54) is 19.1 Å². The van der Waals surface area contributed by atoms with E-state index >= 15 is 0 Å². The number of nitrogens with one attached hydrogen (secondary N) is 2. The summed E-state index contributed by atoms with van der Waals surface area (Å²) in [6.07, 6.45) is 1.26. The molecule has 1 aromatic heterocycles. The molecular formula is C23H29F3Li2N6S-4. The number of halogens is 3. The molecule has 1 aliphatic heterocycles. The molecule has 6 nitrogen and oxygen atoms in total. The Balaban J connectivity index is 0. The number of hydrogen-bond donors (Lipinski definition) is 3. The number of benzene rings is 1. The van der Waals surface area contributed by atoms with Crippen LogP contribution in [0.1, 0.15) is 18.9 Å². The molecule has 0 amide bonds. The number of allylic oxidation sites excluding steroid dienone is 1. The minimum atomic E-state index is -3.23. The molecule has 0 aliphatic carbocycles. The fraction of sp³-hybridized carbons (Fsp3) is 0.304. The molecule has 0 radical (unpaired) electrons. The maximum absolute atomic E-state index is 14.8. The Morgan fingerprint density at radius 2 is 1.86 bits per heavy atom. The summed E-state index contributed by atoms with van der Waals surface area (Å²) in [6, 6.07) is 5.95. The topological polar surface area (TPSA) is 79.1 Å². The van der Waals surface area contributed by atoms with Gasteiger partial charge in [-0.3, -0.25) is 0 Å². The number of alkyl halides is 2. The second-order valence-corrected chi connectivity index (χ2v) is 6.98. The van der Waals surface area contributed by atoms with Gasteiger partial charge in [-0.2, -0.15) is 26.3 Å². The smallest absolute Gasteiger partial charge is 0.709 e. The summed E-state index contributed by atoms with van der Waals surface area (Å²) in [7, 11) is 1.99. The first kappa shape index (κ1) is 36.1. The molecule has 0 spiro atoms. The zero-order chi connectivity index (χ0) is 25.2. The van der Waals surface area contributed by atoms with Crippen molar-refractivity contribution in [1.82, 2.24) is 14.9 Å². The number of nitrogens with two attached hydrogens (primary N) is 1. The Labute approximate surface area is 237 Å². The molecule has 0 unspecified atom stereocenters.